The first kappa shape index (κ1) is 19.7. The fraction of sp³-hybridized carbons (Fsp3) is 0.222. The molecule has 1 N–H and O–H groups in total. The van der Waals surface area contributed by atoms with Crippen molar-refractivity contribution in [2.75, 3.05) is 25.6 Å². The van der Waals surface area contributed by atoms with Crippen molar-refractivity contribution in [2.45, 2.75) is 18.9 Å². The van der Waals surface area contributed by atoms with Crippen LogP contribution in [0.25, 0.3) is 10.9 Å². The zero-order valence-electron chi connectivity index (χ0n) is 18.3. The second-order valence-electron chi connectivity index (χ2n) is 8.45. The number of nitrogens with zero attached hydrogens (tertiary/aromatic N) is 1. The highest BCUT2D eigenvalue weighted by Crippen LogP contribution is 2.46. The van der Waals surface area contributed by atoms with Crippen LogP contribution in [0.1, 0.15) is 29.0 Å². The van der Waals surface area contributed by atoms with Gasteiger partial charge in [0.25, 0.3) is 0 Å². The summed E-state index contributed by atoms with van der Waals surface area (Å²) < 4.78 is 19.5. The lowest BCUT2D eigenvalue weighted by Crippen LogP contribution is -2.17. The number of methoxy groups -OCH3 is 1. The van der Waals surface area contributed by atoms with Crippen molar-refractivity contribution in [3.05, 3.63) is 83.6 Å². The molecule has 0 unspecified atom stereocenters. The number of aromatic nitrogens is 1. The molecule has 1 aromatic heterocycles. The number of fused-ring (bicyclic) bond motifs is 1. The molecule has 0 spiro atoms. The molecule has 6 rings (SSSR count). The number of anilines is 1. The van der Waals surface area contributed by atoms with E-state index in [2.05, 4.69) is 46.4 Å². The summed E-state index contributed by atoms with van der Waals surface area (Å²) >= 11 is 0. The monoisotopic (exact) mass is 440 g/mol. The largest absolute Gasteiger partial charge is 0.493 e. The summed E-state index contributed by atoms with van der Waals surface area (Å²) in [6.45, 7) is 1.74. The number of hydrogen-bond donors (Lipinski definition) is 1. The average Bonchev–Trinajstić information content (AvgIpc) is 3.14. The number of benzene rings is 3. The predicted molar refractivity (Wildman–Crippen MR) is 127 cm³/mol. The first-order valence-corrected chi connectivity index (χ1v) is 11.1. The van der Waals surface area contributed by atoms with Crippen molar-refractivity contribution < 1.29 is 19.0 Å². The smallest absolute Gasteiger partial charge is 0.225 e. The molecular formula is C27H24N2O4. The van der Waals surface area contributed by atoms with Crippen LogP contribution in [0.2, 0.25) is 0 Å². The molecule has 0 fully saturated rings. The van der Waals surface area contributed by atoms with Crippen LogP contribution in [0.5, 0.6) is 17.2 Å². The van der Waals surface area contributed by atoms with E-state index >= 15 is 0 Å². The van der Waals surface area contributed by atoms with Gasteiger partial charge >= 0.3 is 0 Å². The van der Waals surface area contributed by atoms with Crippen LogP contribution >= 0.6 is 0 Å². The lowest BCUT2D eigenvalue weighted by atomic mass is 9.88. The van der Waals surface area contributed by atoms with E-state index in [0.717, 1.165) is 34.3 Å². The van der Waals surface area contributed by atoms with E-state index in [1.54, 1.807) is 7.11 Å². The highest BCUT2D eigenvalue weighted by atomic mass is 16.6. The minimum atomic E-state index is -0.141. The number of nitrogens with one attached hydrogen (secondary N) is 1. The van der Waals surface area contributed by atoms with Gasteiger partial charge in [-0.3, -0.25) is 4.79 Å². The highest BCUT2D eigenvalue weighted by Gasteiger charge is 2.30. The Balaban J connectivity index is 1.53. The van der Waals surface area contributed by atoms with E-state index < -0.39 is 0 Å². The summed E-state index contributed by atoms with van der Waals surface area (Å²) in [7, 11) is 1.63. The Morgan fingerprint density at radius 3 is 2.76 bits per heavy atom. The van der Waals surface area contributed by atoms with Crippen molar-refractivity contribution in [1.82, 2.24) is 4.57 Å². The summed E-state index contributed by atoms with van der Waals surface area (Å²) in [5.41, 5.74) is 5.27. The average molecular weight is 440 g/mol. The molecule has 6 nitrogen and oxygen atoms in total. The van der Waals surface area contributed by atoms with Gasteiger partial charge in [-0.2, -0.15) is 0 Å². The zero-order chi connectivity index (χ0) is 22.4. The third-order valence-corrected chi connectivity index (χ3v) is 6.42. The van der Waals surface area contributed by atoms with Crippen molar-refractivity contribution in [3.8, 4) is 17.2 Å². The molecule has 0 bridgehead atoms. The number of rotatable bonds is 4. The van der Waals surface area contributed by atoms with E-state index in [9.17, 15) is 4.79 Å². The van der Waals surface area contributed by atoms with E-state index in [-0.39, 0.29) is 11.8 Å². The Morgan fingerprint density at radius 2 is 1.91 bits per heavy atom. The first-order valence-electron chi connectivity index (χ1n) is 11.1. The third kappa shape index (κ3) is 3.39. The Morgan fingerprint density at radius 1 is 1.06 bits per heavy atom. The van der Waals surface area contributed by atoms with E-state index in [0.29, 0.717) is 36.9 Å². The second kappa shape index (κ2) is 7.89. The van der Waals surface area contributed by atoms with Gasteiger partial charge in [0, 0.05) is 30.5 Å². The van der Waals surface area contributed by atoms with Gasteiger partial charge in [-0.05, 0) is 41.0 Å². The molecule has 0 saturated carbocycles. The van der Waals surface area contributed by atoms with E-state index in [1.165, 1.54) is 5.56 Å². The van der Waals surface area contributed by atoms with Crippen LogP contribution in [0.15, 0.2) is 66.9 Å². The van der Waals surface area contributed by atoms with Gasteiger partial charge in [0.15, 0.2) is 11.5 Å². The Hall–Kier alpha value is -3.93. The predicted octanol–water partition coefficient (Wildman–Crippen LogP) is 4.94. The lowest BCUT2D eigenvalue weighted by molar-refractivity contribution is -0.116. The maximum Gasteiger partial charge on any atom is 0.225 e. The molecule has 3 aromatic carbocycles. The van der Waals surface area contributed by atoms with Gasteiger partial charge in [0.05, 0.1) is 18.3 Å². The van der Waals surface area contributed by atoms with Crippen molar-refractivity contribution in [3.63, 3.8) is 0 Å². The van der Waals surface area contributed by atoms with Gasteiger partial charge in [0.1, 0.15) is 13.2 Å². The number of ether oxygens (including phenoxy) is 3. The Labute approximate surface area is 191 Å². The fourth-order valence-corrected chi connectivity index (χ4v) is 4.95. The zero-order valence-corrected chi connectivity index (χ0v) is 18.3. The van der Waals surface area contributed by atoms with Crippen LogP contribution in [-0.2, 0) is 11.3 Å². The summed E-state index contributed by atoms with van der Waals surface area (Å²) in [5, 5.41) is 4.20. The summed E-state index contributed by atoms with van der Waals surface area (Å²) in [6, 6.07) is 20.5. The third-order valence-electron chi connectivity index (χ3n) is 6.42. The van der Waals surface area contributed by atoms with Gasteiger partial charge in [-0.25, -0.2) is 0 Å². The quantitative estimate of drug-likeness (QED) is 0.488. The molecule has 1 amide bonds. The molecular weight excluding hydrogens is 416 g/mol. The maximum atomic E-state index is 12.9. The van der Waals surface area contributed by atoms with Gasteiger partial charge in [0.2, 0.25) is 11.7 Å². The van der Waals surface area contributed by atoms with Crippen LogP contribution in [-0.4, -0.2) is 30.8 Å². The van der Waals surface area contributed by atoms with Gasteiger partial charge in [-0.15, -0.1) is 0 Å². The van der Waals surface area contributed by atoms with Crippen molar-refractivity contribution in [1.29, 1.82) is 0 Å². The summed E-state index contributed by atoms with van der Waals surface area (Å²) in [5.74, 6) is 1.76. The van der Waals surface area contributed by atoms with Crippen LogP contribution < -0.4 is 19.5 Å². The normalized spacial score (nSPS) is 16.9. The topological polar surface area (TPSA) is 61.7 Å². The molecule has 33 heavy (non-hydrogen) atoms. The molecule has 6 heteroatoms. The molecule has 0 aliphatic carbocycles. The van der Waals surface area contributed by atoms with Crippen LogP contribution in [0.3, 0.4) is 0 Å². The van der Waals surface area contributed by atoms with Crippen molar-refractivity contribution in [2.24, 2.45) is 0 Å². The SMILES string of the molecule is COc1cc([C@H]2CC(=O)Nc3cccc4c3c2cn4Cc2ccccc2)cc2c1OCCO2. The molecule has 1 atom stereocenters. The van der Waals surface area contributed by atoms with Crippen LogP contribution in [0, 0.1) is 0 Å². The Bertz CT molecular complexity index is 1340. The van der Waals surface area contributed by atoms with Crippen molar-refractivity contribution >= 4 is 22.5 Å². The summed E-state index contributed by atoms with van der Waals surface area (Å²) in [6.07, 6.45) is 2.53. The number of amides is 1. The molecule has 0 saturated heterocycles. The standard InChI is InChI=1S/C27H24N2O4/c1-31-23-12-18(13-24-27(23)33-11-10-32-24)19-14-25(30)28-21-8-5-9-22-26(21)20(19)16-29(22)15-17-6-3-2-4-7-17/h2-9,12-13,16,19H,10-11,14-15H2,1H3,(H,28,30)/t19-/m1/s1. The molecule has 3 heterocycles. The van der Waals surface area contributed by atoms with E-state index in [4.69, 9.17) is 14.2 Å². The highest BCUT2D eigenvalue weighted by molar-refractivity contribution is 6.06. The van der Waals surface area contributed by atoms with Crippen LogP contribution in [0.4, 0.5) is 5.69 Å². The molecule has 166 valence electrons. The minimum Gasteiger partial charge on any atom is -0.493 e. The second-order valence-corrected chi connectivity index (χ2v) is 8.45. The number of carbonyl (C=O) groups excluding carboxylic acids is 1. The summed E-state index contributed by atoms with van der Waals surface area (Å²) in [4.78, 5) is 12.9. The molecule has 0 radical (unpaired) electrons. The molecule has 2 aliphatic rings. The first-order chi connectivity index (χ1) is 16.2. The molecule has 2 aliphatic heterocycles. The minimum absolute atomic E-state index is 0.00725. The Kier molecular flexibility index (Phi) is 4.72. The number of hydrogen-bond acceptors (Lipinski definition) is 4. The number of carbonyl (C=O) groups is 1. The fourth-order valence-electron chi connectivity index (χ4n) is 4.95. The van der Waals surface area contributed by atoms with Gasteiger partial charge in [-0.1, -0.05) is 36.4 Å². The van der Waals surface area contributed by atoms with Gasteiger partial charge < -0.3 is 24.1 Å². The van der Waals surface area contributed by atoms with E-state index in [1.807, 2.05) is 30.3 Å². The maximum absolute atomic E-state index is 12.9. The lowest BCUT2D eigenvalue weighted by Gasteiger charge is -2.23. The molecule has 4 aromatic rings.